The van der Waals surface area contributed by atoms with Crippen molar-refractivity contribution in [3.05, 3.63) is 29.8 Å². The first kappa shape index (κ1) is 13.0. The summed E-state index contributed by atoms with van der Waals surface area (Å²) in [5, 5.41) is 13.6. The van der Waals surface area contributed by atoms with E-state index in [1.807, 2.05) is 7.05 Å². The van der Waals surface area contributed by atoms with Crippen molar-refractivity contribution in [3.8, 4) is 17.2 Å². The van der Waals surface area contributed by atoms with Gasteiger partial charge in [-0.2, -0.15) is 4.98 Å². The topological polar surface area (TPSA) is 71.6 Å². The van der Waals surface area contributed by atoms with Gasteiger partial charge < -0.3 is 19.3 Å². The quantitative estimate of drug-likeness (QED) is 0.900. The first-order valence-corrected chi connectivity index (χ1v) is 6.26. The Labute approximate surface area is 114 Å². The fourth-order valence-electron chi connectivity index (χ4n) is 2.09. The van der Waals surface area contributed by atoms with Gasteiger partial charge >= 0.3 is 0 Å². The van der Waals surface area contributed by atoms with E-state index < -0.39 is 5.82 Å². The fraction of sp³-hybridized carbons (Fsp3) is 0.385. The number of hydrogen-bond donors (Lipinski definition) is 1. The maximum atomic E-state index is 13.0. The van der Waals surface area contributed by atoms with Crippen LogP contribution in [0.1, 0.15) is 11.9 Å². The number of phenols is 1. The summed E-state index contributed by atoms with van der Waals surface area (Å²) in [7, 11) is 1.99. The van der Waals surface area contributed by atoms with Gasteiger partial charge in [0.2, 0.25) is 5.82 Å². The highest BCUT2D eigenvalue weighted by Crippen LogP contribution is 2.29. The second kappa shape index (κ2) is 5.18. The van der Waals surface area contributed by atoms with E-state index in [0.29, 0.717) is 24.5 Å². The minimum atomic E-state index is -0.525. The number of halogens is 1. The molecule has 0 amide bonds. The average molecular weight is 279 g/mol. The van der Waals surface area contributed by atoms with Crippen molar-refractivity contribution in [2.75, 3.05) is 26.7 Å². The molecule has 20 heavy (non-hydrogen) atoms. The summed E-state index contributed by atoms with van der Waals surface area (Å²) in [6.07, 6.45) is -0.256. The molecule has 6 nitrogen and oxygen atoms in total. The molecule has 0 radical (unpaired) electrons. The molecule has 3 rings (SSSR count). The second-order valence-corrected chi connectivity index (χ2v) is 4.74. The molecule has 1 N–H and O–H groups in total. The molecule has 1 aromatic carbocycles. The molecule has 1 aliphatic rings. The monoisotopic (exact) mass is 279 g/mol. The van der Waals surface area contributed by atoms with E-state index in [1.165, 1.54) is 12.1 Å². The summed E-state index contributed by atoms with van der Waals surface area (Å²) < 4.78 is 23.7. The number of phenolic OH excluding ortho intramolecular Hbond substituents is 1. The number of hydrogen-bond acceptors (Lipinski definition) is 6. The summed E-state index contributed by atoms with van der Waals surface area (Å²) >= 11 is 0. The van der Waals surface area contributed by atoms with Gasteiger partial charge in [0.25, 0.3) is 5.89 Å². The van der Waals surface area contributed by atoms with Crippen LogP contribution in [0, 0.1) is 5.82 Å². The highest BCUT2D eigenvalue weighted by Gasteiger charge is 2.25. The molecule has 0 bridgehead atoms. The zero-order valence-corrected chi connectivity index (χ0v) is 10.9. The Balaban J connectivity index is 1.86. The van der Waals surface area contributed by atoms with Crippen molar-refractivity contribution in [3.63, 3.8) is 0 Å². The standard InChI is InChI=1S/C13H14FN3O3/c1-17-4-5-19-11(7-17)12-15-13(20-16-12)9-3-2-8(14)6-10(9)18/h2-3,6,11,18H,4-5,7H2,1H3. The molecule has 1 aromatic heterocycles. The lowest BCUT2D eigenvalue weighted by molar-refractivity contribution is -0.0264. The van der Waals surface area contributed by atoms with Crippen LogP contribution < -0.4 is 0 Å². The van der Waals surface area contributed by atoms with Gasteiger partial charge in [0.15, 0.2) is 0 Å². The molecule has 7 heteroatoms. The molecule has 1 unspecified atom stereocenters. The number of benzene rings is 1. The maximum absolute atomic E-state index is 13.0. The molecule has 2 aromatic rings. The Morgan fingerprint density at radius 1 is 1.45 bits per heavy atom. The van der Waals surface area contributed by atoms with Gasteiger partial charge in [-0.3, -0.25) is 0 Å². The van der Waals surface area contributed by atoms with Gasteiger partial charge in [0.05, 0.1) is 12.2 Å². The maximum Gasteiger partial charge on any atom is 0.261 e. The Kier molecular flexibility index (Phi) is 3.37. The van der Waals surface area contributed by atoms with Crippen LogP contribution in [0.15, 0.2) is 22.7 Å². The Morgan fingerprint density at radius 3 is 3.05 bits per heavy atom. The Bertz CT molecular complexity index is 617. The number of ether oxygens (including phenoxy) is 1. The second-order valence-electron chi connectivity index (χ2n) is 4.74. The molecule has 1 aliphatic heterocycles. The SMILES string of the molecule is CN1CCOC(c2noc(-c3ccc(F)cc3O)n2)C1. The van der Waals surface area contributed by atoms with E-state index in [2.05, 4.69) is 15.0 Å². The van der Waals surface area contributed by atoms with Gasteiger partial charge in [-0.25, -0.2) is 4.39 Å². The van der Waals surface area contributed by atoms with Gasteiger partial charge in [0.1, 0.15) is 17.7 Å². The molecule has 0 aliphatic carbocycles. The van der Waals surface area contributed by atoms with Gasteiger partial charge in [-0.15, -0.1) is 0 Å². The van der Waals surface area contributed by atoms with Crippen molar-refractivity contribution >= 4 is 0 Å². The molecule has 0 saturated carbocycles. The van der Waals surface area contributed by atoms with Crippen LogP contribution in [-0.2, 0) is 4.74 Å². The van der Waals surface area contributed by atoms with E-state index in [0.717, 1.165) is 12.6 Å². The molecule has 1 fully saturated rings. The minimum Gasteiger partial charge on any atom is -0.507 e. The fourth-order valence-corrected chi connectivity index (χ4v) is 2.09. The third kappa shape index (κ3) is 2.50. The minimum absolute atomic E-state index is 0.148. The zero-order valence-electron chi connectivity index (χ0n) is 10.9. The van der Waals surface area contributed by atoms with Crippen molar-refractivity contribution in [2.24, 2.45) is 0 Å². The van der Waals surface area contributed by atoms with Crippen LogP contribution in [-0.4, -0.2) is 46.9 Å². The first-order valence-electron chi connectivity index (χ1n) is 6.26. The first-order chi connectivity index (χ1) is 9.63. The van der Waals surface area contributed by atoms with E-state index in [9.17, 15) is 9.50 Å². The highest BCUT2D eigenvalue weighted by atomic mass is 19.1. The van der Waals surface area contributed by atoms with Crippen LogP contribution in [0.25, 0.3) is 11.5 Å². The number of aromatic nitrogens is 2. The number of nitrogens with zero attached hydrogens (tertiary/aromatic N) is 3. The van der Waals surface area contributed by atoms with Gasteiger partial charge in [-0.1, -0.05) is 5.16 Å². The van der Waals surface area contributed by atoms with E-state index in [1.54, 1.807) is 0 Å². The third-order valence-electron chi connectivity index (χ3n) is 3.19. The van der Waals surface area contributed by atoms with Crippen LogP contribution in [0.5, 0.6) is 5.75 Å². The van der Waals surface area contributed by atoms with E-state index in [-0.39, 0.29) is 17.7 Å². The summed E-state index contributed by atoms with van der Waals surface area (Å²) in [6, 6.07) is 3.63. The molecule has 1 atom stereocenters. The van der Waals surface area contributed by atoms with Crippen LogP contribution in [0.2, 0.25) is 0 Å². The smallest absolute Gasteiger partial charge is 0.261 e. The summed E-state index contributed by atoms with van der Waals surface area (Å²) in [5.74, 6) is -0.185. The van der Waals surface area contributed by atoms with Crippen molar-refractivity contribution in [1.29, 1.82) is 0 Å². The molecule has 2 heterocycles. The van der Waals surface area contributed by atoms with Crippen molar-refractivity contribution < 1.29 is 18.8 Å². The molecular weight excluding hydrogens is 265 g/mol. The number of rotatable bonds is 2. The highest BCUT2D eigenvalue weighted by molar-refractivity contribution is 5.61. The molecule has 106 valence electrons. The number of aromatic hydroxyl groups is 1. The third-order valence-corrected chi connectivity index (χ3v) is 3.19. The number of likely N-dealkylation sites (N-methyl/N-ethyl adjacent to an activating group) is 1. The summed E-state index contributed by atoms with van der Waals surface area (Å²) in [6.45, 7) is 2.14. The van der Waals surface area contributed by atoms with Crippen LogP contribution >= 0.6 is 0 Å². The van der Waals surface area contributed by atoms with Crippen LogP contribution in [0.4, 0.5) is 4.39 Å². The van der Waals surface area contributed by atoms with E-state index in [4.69, 9.17) is 9.26 Å². The summed E-state index contributed by atoms with van der Waals surface area (Å²) in [5.41, 5.74) is 0.300. The Morgan fingerprint density at radius 2 is 2.30 bits per heavy atom. The number of morpholine rings is 1. The summed E-state index contributed by atoms with van der Waals surface area (Å²) in [4.78, 5) is 6.33. The normalized spacial score (nSPS) is 20.2. The zero-order chi connectivity index (χ0) is 14.1. The van der Waals surface area contributed by atoms with E-state index >= 15 is 0 Å². The van der Waals surface area contributed by atoms with Gasteiger partial charge in [0, 0.05) is 19.2 Å². The van der Waals surface area contributed by atoms with Crippen LogP contribution in [0.3, 0.4) is 0 Å². The Hall–Kier alpha value is -1.99. The lowest BCUT2D eigenvalue weighted by Crippen LogP contribution is -2.35. The van der Waals surface area contributed by atoms with Crippen molar-refractivity contribution in [1.82, 2.24) is 15.0 Å². The van der Waals surface area contributed by atoms with Crippen molar-refractivity contribution in [2.45, 2.75) is 6.10 Å². The molecular formula is C13H14FN3O3. The van der Waals surface area contributed by atoms with Gasteiger partial charge in [-0.05, 0) is 19.2 Å². The largest absolute Gasteiger partial charge is 0.507 e. The molecule has 1 saturated heterocycles. The lowest BCUT2D eigenvalue weighted by Gasteiger charge is -2.27. The predicted octanol–water partition coefficient (Wildman–Crippen LogP) is 1.58. The molecule has 0 spiro atoms. The lowest BCUT2D eigenvalue weighted by atomic mass is 10.2. The average Bonchev–Trinajstić information content (AvgIpc) is 2.88. The predicted molar refractivity (Wildman–Crippen MR) is 67.5 cm³/mol.